The fourth-order valence-electron chi connectivity index (χ4n) is 3.55. The number of nitrogens with one attached hydrogen (secondary N) is 3. The summed E-state index contributed by atoms with van der Waals surface area (Å²) >= 11 is 2.94. The van der Waals surface area contributed by atoms with Gasteiger partial charge in [-0.3, -0.25) is 4.79 Å². The molecule has 1 aliphatic rings. The standard InChI is InChI=1S/C21H30BrF3N4O4S/c1-19(2,3)26-18(31)27-20(4,5)17(30)29-10-8-14(9-11-29)28-34(32,33)16-7-6-13(22)12-15(16)21(23,24)25/h6-7,12,14,28H,8-11H2,1-5H3,(H2,26,27,31). The number of likely N-dealkylation sites (tertiary alicyclic amines) is 1. The lowest BCUT2D eigenvalue weighted by Gasteiger charge is -2.37. The lowest BCUT2D eigenvalue weighted by molar-refractivity contribution is -0.140. The van der Waals surface area contributed by atoms with Crippen molar-refractivity contribution in [2.75, 3.05) is 13.1 Å². The summed E-state index contributed by atoms with van der Waals surface area (Å²) in [7, 11) is -4.45. The van der Waals surface area contributed by atoms with Gasteiger partial charge in [-0.15, -0.1) is 0 Å². The van der Waals surface area contributed by atoms with Crippen LogP contribution >= 0.6 is 15.9 Å². The van der Waals surface area contributed by atoms with Crippen LogP contribution in [0.25, 0.3) is 0 Å². The first-order chi connectivity index (χ1) is 15.3. The molecule has 0 aromatic heterocycles. The Bertz CT molecular complexity index is 1030. The molecular formula is C21H30BrF3N4O4S. The molecule has 3 N–H and O–H groups in total. The molecule has 1 aliphatic heterocycles. The summed E-state index contributed by atoms with van der Waals surface area (Å²) in [5, 5.41) is 5.36. The lowest BCUT2D eigenvalue weighted by atomic mass is 9.99. The van der Waals surface area contributed by atoms with Crippen molar-refractivity contribution in [3.05, 3.63) is 28.2 Å². The van der Waals surface area contributed by atoms with Crippen molar-refractivity contribution in [2.45, 2.75) is 75.7 Å². The number of benzene rings is 1. The molecule has 1 heterocycles. The fraction of sp³-hybridized carbons (Fsp3) is 0.619. The minimum atomic E-state index is -4.85. The topological polar surface area (TPSA) is 108 Å². The van der Waals surface area contributed by atoms with Gasteiger partial charge in [0.15, 0.2) is 0 Å². The third-order valence-corrected chi connectivity index (χ3v) is 7.16. The molecule has 8 nitrogen and oxygen atoms in total. The summed E-state index contributed by atoms with van der Waals surface area (Å²) in [4.78, 5) is 25.8. The Balaban J connectivity index is 2.04. The predicted molar refractivity (Wildman–Crippen MR) is 125 cm³/mol. The van der Waals surface area contributed by atoms with Gasteiger partial charge in [0.05, 0.1) is 10.5 Å². The zero-order valence-corrected chi connectivity index (χ0v) is 22.0. The van der Waals surface area contributed by atoms with E-state index in [0.29, 0.717) is 0 Å². The van der Waals surface area contributed by atoms with Crippen LogP contribution in [0.4, 0.5) is 18.0 Å². The van der Waals surface area contributed by atoms with Crippen molar-refractivity contribution in [3.8, 4) is 0 Å². The largest absolute Gasteiger partial charge is 0.417 e. The summed E-state index contributed by atoms with van der Waals surface area (Å²) < 4.78 is 68.0. The van der Waals surface area contributed by atoms with E-state index in [1.165, 1.54) is 11.0 Å². The molecule has 0 atom stereocenters. The Kier molecular flexibility index (Phi) is 8.36. The quantitative estimate of drug-likeness (QED) is 0.502. The normalized spacial score (nSPS) is 16.3. The van der Waals surface area contributed by atoms with Gasteiger partial charge in [0.1, 0.15) is 5.54 Å². The average molecular weight is 571 g/mol. The van der Waals surface area contributed by atoms with Crippen molar-refractivity contribution >= 4 is 37.9 Å². The molecule has 0 bridgehead atoms. The van der Waals surface area contributed by atoms with Crippen molar-refractivity contribution in [2.24, 2.45) is 0 Å². The van der Waals surface area contributed by atoms with Gasteiger partial charge in [-0.05, 0) is 65.7 Å². The minimum absolute atomic E-state index is 0.109. The highest BCUT2D eigenvalue weighted by molar-refractivity contribution is 9.10. The van der Waals surface area contributed by atoms with Crippen molar-refractivity contribution in [1.29, 1.82) is 0 Å². The highest BCUT2D eigenvalue weighted by Crippen LogP contribution is 2.36. The molecule has 1 aromatic carbocycles. The summed E-state index contributed by atoms with van der Waals surface area (Å²) in [6, 6.07) is 1.73. The molecular weight excluding hydrogens is 541 g/mol. The number of urea groups is 1. The van der Waals surface area contributed by atoms with Crippen LogP contribution in [0.15, 0.2) is 27.6 Å². The van der Waals surface area contributed by atoms with Crippen molar-refractivity contribution in [3.63, 3.8) is 0 Å². The first-order valence-electron chi connectivity index (χ1n) is 10.6. The Morgan fingerprint density at radius 2 is 1.59 bits per heavy atom. The molecule has 13 heteroatoms. The highest BCUT2D eigenvalue weighted by atomic mass is 79.9. The number of piperidine rings is 1. The van der Waals surface area contributed by atoms with Crippen molar-refractivity contribution in [1.82, 2.24) is 20.3 Å². The maximum absolute atomic E-state index is 13.4. The molecule has 34 heavy (non-hydrogen) atoms. The van der Waals surface area contributed by atoms with E-state index in [2.05, 4.69) is 31.3 Å². The van der Waals surface area contributed by atoms with Crippen LogP contribution in [-0.4, -0.2) is 55.5 Å². The lowest BCUT2D eigenvalue weighted by Crippen LogP contribution is -2.61. The Morgan fingerprint density at radius 3 is 2.09 bits per heavy atom. The maximum atomic E-state index is 13.4. The third-order valence-electron chi connectivity index (χ3n) is 5.09. The van der Waals surface area contributed by atoms with Crippen LogP contribution < -0.4 is 15.4 Å². The number of hydrogen-bond donors (Lipinski definition) is 3. The van der Waals surface area contributed by atoms with E-state index in [9.17, 15) is 31.2 Å². The van der Waals surface area contributed by atoms with Gasteiger partial charge in [0.25, 0.3) is 0 Å². The van der Waals surface area contributed by atoms with E-state index in [4.69, 9.17) is 0 Å². The molecule has 0 aliphatic carbocycles. The minimum Gasteiger partial charge on any atom is -0.341 e. The number of alkyl halides is 3. The van der Waals surface area contributed by atoms with Gasteiger partial charge in [-0.25, -0.2) is 17.9 Å². The average Bonchev–Trinajstić information content (AvgIpc) is 2.64. The van der Waals surface area contributed by atoms with E-state index in [1.54, 1.807) is 34.6 Å². The van der Waals surface area contributed by atoms with Crippen LogP contribution in [0.5, 0.6) is 0 Å². The van der Waals surface area contributed by atoms with Gasteiger partial charge in [0.2, 0.25) is 15.9 Å². The van der Waals surface area contributed by atoms with E-state index >= 15 is 0 Å². The summed E-state index contributed by atoms with van der Waals surface area (Å²) in [5.41, 5.74) is -2.95. The van der Waals surface area contributed by atoms with E-state index in [-0.39, 0.29) is 36.3 Å². The zero-order chi connectivity index (χ0) is 26.1. The molecule has 0 unspecified atom stereocenters. The number of halogens is 4. The molecule has 1 aromatic rings. The number of hydrogen-bond acceptors (Lipinski definition) is 4. The Morgan fingerprint density at radius 1 is 1.03 bits per heavy atom. The number of carbonyl (C=O) groups is 2. The van der Waals surface area contributed by atoms with Gasteiger partial charge in [0, 0.05) is 29.1 Å². The molecule has 3 amide bonds. The van der Waals surface area contributed by atoms with Gasteiger partial charge < -0.3 is 15.5 Å². The second-order valence-electron chi connectivity index (χ2n) is 9.78. The number of rotatable bonds is 5. The maximum Gasteiger partial charge on any atom is 0.417 e. The molecule has 0 spiro atoms. The number of nitrogens with zero attached hydrogens (tertiary/aromatic N) is 1. The third kappa shape index (κ3) is 7.57. The van der Waals surface area contributed by atoms with Crippen molar-refractivity contribution < 1.29 is 31.2 Å². The van der Waals surface area contributed by atoms with E-state index in [1.807, 2.05) is 0 Å². The van der Waals surface area contributed by atoms with Gasteiger partial charge >= 0.3 is 12.2 Å². The van der Waals surface area contributed by atoms with E-state index in [0.717, 1.165) is 12.1 Å². The van der Waals surface area contributed by atoms with Crippen LogP contribution in [-0.2, 0) is 21.0 Å². The fourth-order valence-corrected chi connectivity index (χ4v) is 5.42. The highest BCUT2D eigenvalue weighted by Gasteiger charge is 2.39. The van der Waals surface area contributed by atoms with Gasteiger partial charge in [-0.2, -0.15) is 13.2 Å². The molecule has 0 radical (unpaired) electrons. The first-order valence-corrected chi connectivity index (χ1v) is 12.9. The van der Waals surface area contributed by atoms with Crippen LogP contribution in [0.3, 0.4) is 0 Å². The Hall–Kier alpha value is -1.86. The molecule has 1 fully saturated rings. The summed E-state index contributed by atoms with van der Waals surface area (Å²) in [6.45, 7) is 8.92. The molecule has 0 saturated carbocycles. The first kappa shape index (κ1) is 28.4. The second-order valence-corrected chi connectivity index (χ2v) is 12.4. The SMILES string of the molecule is CC(C)(C)NC(=O)NC(C)(C)C(=O)N1CCC(NS(=O)(=O)c2ccc(Br)cc2C(F)(F)F)CC1. The Labute approximate surface area is 206 Å². The van der Waals surface area contributed by atoms with Crippen LogP contribution in [0, 0.1) is 0 Å². The number of amides is 3. The number of carbonyl (C=O) groups excluding carboxylic acids is 2. The van der Waals surface area contributed by atoms with E-state index < -0.39 is 49.8 Å². The molecule has 1 saturated heterocycles. The second kappa shape index (κ2) is 10.0. The summed E-state index contributed by atoms with van der Waals surface area (Å²) in [6.07, 6.45) is -4.41. The smallest absolute Gasteiger partial charge is 0.341 e. The predicted octanol–water partition coefficient (Wildman–Crippen LogP) is 3.61. The molecule has 2 rings (SSSR count). The molecule has 192 valence electrons. The van der Waals surface area contributed by atoms with Gasteiger partial charge in [-0.1, -0.05) is 15.9 Å². The zero-order valence-electron chi connectivity index (χ0n) is 19.6. The van der Waals surface area contributed by atoms with Crippen LogP contribution in [0.1, 0.15) is 53.0 Å². The number of sulfonamides is 1. The summed E-state index contributed by atoms with van der Waals surface area (Å²) in [5.74, 6) is -0.342. The van der Waals surface area contributed by atoms with Crippen LogP contribution in [0.2, 0.25) is 0 Å². The monoisotopic (exact) mass is 570 g/mol.